The fraction of sp³-hybridized carbons (Fsp3) is 0.231. The Morgan fingerprint density at radius 3 is 2.86 bits per heavy atom. The Balaban J connectivity index is 2.21. The number of nitrogens with zero attached hydrogens (tertiary/aromatic N) is 2. The molecule has 0 aliphatic heterocycles. The van der Waals surface area contributed by atoms with Crippen LogP contribution in [0.25, 0.3) is 0 Å². The Morgan fingerprint density at radius 1 is 1.50 bits per heavy atom. The molecule has 0 aliphatic carbocycles. The van der Waals surface area contributed by atoms with Gasteiger partial charge >= 0.3 is 5.97 Å². The number of halogens is 1. The van der Waals surface area contributed by atoms with Gasteiger partial charge in [0, 0.05) is 28.9 Å². The number of benzene rings is 1. The van der Waals surface area contributed by atoms with Crippen molar-refractivity contribution >= 4 is 40.3 Å². The molecule has 116 valence electrons. The van der Waals surface area contributed by atoms with E-state index in [0.717, 1.165) is 4.88 Å². The maximum Gasteiger partial charge on any atom is 0.338 e. The minimum Gasteiger partial charge on any atom is -0.462 e. The van der Waals surface area contributed by atoms with Crippen molar-refractivity contribution in [1.29, 1.82) is 0 Å². The number of aromatic nitrogens is 1. The predicted molar refractivity (Wildman–Crippen MR) is 83.5 cm³/mol. The van der Waals surface area contributed by atoms with Crippen LogP contribution in [-0.4, -0.2) is 22.5 Å². The molecular formula is C13H12ClN3O4S. The molecule has 2 rings (SSSR count). The van der Waals surface area contributed by atoms with Crippen molar-refractivity contribution < 1.29 is 14.5 Å². The van der Waals surface area contributed by atoms with E-state index in [1.807, 2.05) is 0 Å². The molecule has 0 saturated carbocycles. The zero-order valence-electron chi connectivity index (χ0n) is 11.5. The van der Waals surface area contributed by atoms with Crippen LogP contribution in [-0.2, 0) is 11.3 Å². The third kappa shape index (κ3) is 4.15. The summed E-state index contributed by atoms with van der Waals surface area (Å²) in [6, 6.07) is 4.05. The van der Waals surface area contributed by atoms with Crippen molar-refractivity contribution in [2.75, 3.05) is 11.9 Å². The number of non-ortho nitro benzene ring substituents is 1. The van der Waals surface area contributed by atoms with Gasteiger partial charge in [-0.15, -0.1) is 11.3 Å². The zero-order chi connectivity index (χ0) is 16.1. The lowest BCUT2D eigenvalue weighted by molar-refractivity contribution is -0.384. The van der Waals surface area contributed by atoms with Crippen molar-refractivity contribution in [3.05, 3.63) is 49.4 Å². The van der Waals surface area contributed by atoms with Crippen molar-refractivity contribution in [3.63, 3.8) is 0 Å². The van der Waals surface area contributed by atoms with Crippen LogP contribution in [0.5, 0.6) is 0 Å². The lowest BCUT2D eigenvalue weighted by Gasteiger charge is -2.07. The quantitative estimate of drug-likeness (QED) is 0.491. The van der Waals surface area contributed by atoms with E-state index in [4.69, 9.17) is 16.3 Å². The molecule has 0 radical (unpaired) electrons. The molecule has 1 aromatic heterocycles. The smallest absolute Gasteiger partial charge is 0.338 e. The number of carbonyl (C=O) groups excluding carboxylic acids is 1. The van der Waals surface area contributed by atoms with E-state index in [1.165, 1.54) is 29.5 Å². The summed E-state index contributed by atoms with van der Waals surface area (Å²) < 4.78 is 5.29. The molecule has 0 aliphatic rings. The van der Waals surface area contributed by atoms with Gasteiger partial charge in [-0.3, -0.25) is 10.1 Å². The summed E-state index contributed by atoms with van der Waals surface area (Å²) in [6.07, 6.45) is 1.61. The topological polar surface area (TPSA) is 94.4 Å². The van der Waals surface area contributed by atoms with Gasteiger partial charge in [-0.2, -0.15) is 0 Å². The molecule has 0 saturated heterocycles. The number of thiazole rings is 1. The molecule has 1 aromatic carbocycles. The molecule has 0 amide bonds. The lowest BCUT2D eigenvalue weighted by atomic mass is 10.1. The fourth-order valence-electron chi connectivity index (χ4n) is 1.71. The molecule has 0 atom stereocenters. The van der Waals surface area contributed by atoms with Crippen LogP contribution in [0.4, 0.5) is 11.4 Å². The summed E-state index contributed by atoms with van der Waals surface area (Å²) >= 11 is 7.04. The van der Waals surface area contributed by atoms with Crippen molar-refractivity contribution in [1.82, 2.24) is 4.98 Å². The van der Waals surface area contributed by atoms with Gasteiger partial charge < -0.3 is 10.1 Å². The van der Waals surface area contributed by atoms with Crippen LogP contribution in [0.1, 0.15) is 22.2 Å². The van der Waals surface area contributed by atoms with Crippen molar-refractivity contribution in [2.24, 2.45) is 0 Å². The number of ether oxygens (including phenoxy) is 1. The monoisotopic (exact) mass is 341 g/mol. The first-order chi connectivity index (χ1) is 10.5. The average Bonchev–Trinajstić information content (AvgIpc) is 2.90. The Morgan fingerprint density at radius 2 is 2.27 bits per heavy atom. The maximum absolute atomic E-state index is 11.8. The Hall–Kier alpha value is -2.19. The van der Waals surface area contributed by atoms with Crippen LogP contribution in [0.2, 0.25) is 4.47 Å². The third-order valence-corrected chi connectivity index (χ3v) is 3.75. The number of hydrogen-bond acceptors (Lipinski definition) is 7. The van der Waals surface area contributed by atoms with Gasteiger partial charge in [0.25, 0.3) is 5.69 Å². The number of rotatable bonds is 6. The van der Waals surface area contributed by atoms with Gasteiger partial charge in [0.15, 0.2) is 4.47 Å². The number of anilines is 1. The number of carbonyl (C=O) groups is 1. The van der Waals surface area contributed by atoms with Gasteiger partial charge in [-0.25, -0.2) is 9.78 Å². The highest BCUT2D eigenvalue weighted by Crippen LogP contribution is 2.24. The summed E-state index contributed by atoms with van der Waals surface area (Å²) in [5.41, 5.74) is 0.387. The third-order valence-electron chi connectivity index (χ3n) is 2.63. The van der Waals surface area contributed by atoms with Crippen molar-refractivity contribution in [2.45, 2.75) is 13.5 Å². The highest BCUT2D eigenvalue weighted by Gasteiger charge is 2.15. The number of hydrogen-bond donors (Lipinski definition) is 1. The normalized spacial score (nSPS) is 10.3. The molecule has 22 heavy (non-hydrogen) atoms. The van der Waals surface area contributed by atoms with E-state index >= 15 is 0 Å². The van der Waals surface area contributed by atoms with Crippen molar-refractivity contribution in [3.8, 4) is 0 Å². The SMILES string of the molecule is CCOC(=O)c1cc(NCc2cnc(Cl)s2)cc([N+](=O)[O-])c1. The number of nitro groups is 1. The first-order valence-corrected chi connectivity index (χ1v) is 7.49. The summed E-state index contributed by atoms with van der Waals surface area (Å²) in [6.45, 7) is 2.26. The van der Waals surface area contributed by atoms with Crippen LogP contribution in [0.15, 0.2) is 24.4 Å². The molecule has 1 heterocycles. The van der Waals surface area contributed by atoms with Gasteiger partial charge in [0.05, 0.1) is 23.6 Å². The summed E-state index contributed by atoms with van der Waals surface area (Å²) in [5.74, 6) is -0.602. The highest BCUT2D eigenvalue weighted by atomic mass is 35.5. The summed E-state index contributed by atoms with van der Waals surface area (Å²) in [4.78, 5) is 26.9. The largest absolute Gasteiger partial charge is 0.462 e. The van der Waals surface area contributed by atoms with Crippen LogP contribution in [0.3, 0.4) is 0 Å². The second-order valence-electron chi connectivity index (χ2n) is 4.18. The second kappa shape index (κ2) is 7.19. The van der Waals surface area contributed by atoms with E-state index in [9.17, 15) is 14.9 Å². The predicted octanol–water partition coefficient (Wildman–Crippen LogP) is 3.49. The molecular weight excluding hydrogens is 330 g/mol. The van der Waals surface area contributed by atoms with Crippen LogP contribution < -0.4 is 5.32 Å². The fourth-order valence-corrected chi connectivity index (χ4v) is 2.62. The maximum atomic E-state index is 11.8. The Labute approximate surface area is 135 Å². The van der Waals surface area contributed by atoms with Crippen LogP contribution >= 0.6 is 22.9 Å². The minimum absolute atomic E-state index is 0.126. The van der Waals surface area contributed by atoms with Crippen LogP contribution in [0, 0.1) is 10.1 Å². The number of nitrogens with one attached hydrogen (secondary N) is 1. The number of nitro benzene ring substituents is 1. The van der Waals surface area contributed by atoms with Gasteiger partial charge in [0.1, 0.15) is 0 Å². The summed E-state index contributed by atoms with van der Waals surface area (Å²) in [7, 11) is 0. The first kappa shape index (κ1) is 16.2. The minimum atomic E-state index is -0.602. The van der Waals surface area contributed by atoms with E-state index in [1.54, 1.807) is 13.1 Å². The number of esters is 1. The zero-order valence-corrected chi connectivity index (χ0v) is 13.1. The Kier molecular flexibility index (Phi) is 5.29. The molecule has 9 heteroatoms. The molecule has 1 N–H and O–H groups in total. The van der Waals surface area contributed by atoms with E-state index < -0.39 is 10.9 Å². The molecule has 0 spiro atoms. The van der Waals surface area contributed by atoms with Gasteiger partial charge in [-0.05, 0) is 13.0 Å². The van der Waals surface area contributed by atoms with Gasteiger partial charge in [0.2, 0.25) is 0 Å². The molecule has 0 fully saturated rings. The molecule has 0 bridgehead atoms. The van der Waals surface area contributed by atoms with E-state index in [0.29, 0.717) is 16.7 Å². The highest BCUT2D eigenvalue weighted by molar-refractivity contribution is 7.15. The summed E-state index contributed by atoms with van der Waals surface area (Å²) in [5, 5.41) is 14.0. The second-order valence-corrected chi connectivity index (χ2v) is 5.88. The molecule has 7 nitrogen and oxygen atoms in total. The van der Waals surface area contributed by atoms with Gasteiger partial charge in [-0.1, -0.05) is 11.6 Å². The standard InChI is InChI=1S/C13H12ClN3O4S/c1-2-21-12(18)8-3-9(5-10(4-8)17(19)20)15-6-11-7-16-13(14)22-11/h3-5,7,15H,2,6H2,1H3. The molecule has 2 aromatic rings. The lowest BCUT2D eigenvalue weighted by Crippen LogP contribution is -2.07. The molecule has 0 unspecified atom stereocenters. The van der Waals surface area contributed by atoms with E-state index in [-0.39, 0.29) is 17.9 Å². The van der Waals surface area contributed by atoms with E-state index in [2.05, 4.69) is 10.3 Å². The average molecular weight is 342 g/mol. The Bertz CT molecular complexity index is 704. The first-order valence-electron chi connectivity index (χ1n) is 6.30.